The predicted molar refractivity (Wildman–Crippen MR) is 75.2 cm³/mol. The number of hydrogen-bond acceptors (Lipinski definition) is 7. The third kappa shape index (κ3) is 2.03. The molecule has 0 saturated carbocycles. The lowest BCUT2D eigenvalue weighted by Gasteiger charge is -2.24. The highest BCUT2D eigenvalue weighted by Crippen LogP contribution is 2.43. The van der Waals surface area contributed by atoms with Crippen molar-refractivity contribution in [2.24, 2.45) is 0 Å². The van der Waals surface area contributed by atoms with E-state index in [-0.39, 0.29) is 24.0 Å². The minimum Gasteiger partial charge on any atom is -0.394 e. The van der Waals surface area contributed by atoms with Crippen LogP contribution in [0.4, 0.5) is 0 Å². The van der Waals surface area contributed by atoms with E-state index in [0.717, 1.165) is 0 Å². The summed E-state index contributed by atoms with van der Waals surface area (Å²) in [5.41, 5.74) is 1.05. The quantitative estimate of drug-likeness (QED) is 0.819. The van der Waals surface area contributed by atoms with E-state index in [1.165, 1.54) is 6.33 Å². The number of ether oxygens (including phenoxy) is 3. The van der Waals surface area contributed by atoms with Crippen LogP contribution >= 0.6 is 11.6 Å². The second kappa shape index (κ2) is 4.84. The van der Waals surface area contributed by atoms with Crippen molar-refractivity contribution in [3.63, 3.8) is 0 Å². The van der Waals surface area contributed by atoms with E-state index in [2.05, 4.69) is 15.0 Å². The van der Waals surface area contributed by atoms with Gasteiger partial charge in [-0.1, -0.05) is 11.6 Å². The zero-order chi connectivity index (χ0) is 15.5. The summed E-state index contributed by atoms with van der Waals surface area (Å²) >= 11 is 6.03. The van der Waals surface area contributed by atoms with Gasteiger partial charge in [0.1, 0.15) is 30.2 Å². The van der Waals surface area contributed by atoms with Gasteiger partial charge in [0.25, 0.3) is 0 Å². The first-order chi connectivity index (χ1) is 10.5. The van der Waals surface area contributed by atoms with Crippen LogP contribution in [-0.4, -0.2) is 55.3 Å². The number of aliphatic hydroxyl groups is 1. The topological polar surface area (TPSA) is 91.5 Å². The second-order valence-electron chi connectivity index (χ2n) is 5.80. The molecule has 2 aliphatic heterocycles. The SMILES string of the molecule is CC1(C)OC2C(O1)[C@@H](CO)OC2n1cnc2c(Cl)ncnc21. The van der Waals surface area contributed by atoms with Crippen molar-refractivity contribution < 1.29 is 19.3 Å². The minimum atomic E-state index is -0.728. The number of nitrogens with zero attached hydrogens (tertiary/aromatic N) is 4. The molecule has 1 N–H and O–H groups in total. The first-order valence-corrected chi connectivity index (χ1v) is 7.33. The Morgan fingerprint density at radius 3 is 2.82 bits per heavy atom. The van der Waals surface area contributed by atoms with Crippen LogP contribution < -0.4 is 0 Å². The van der Waals surface area contributed by atoms with Gasteiger partial charge in [0.2, 0.25) is 0 Å². The van der Waals surface area contributed by atoms with Gasteiger partial charge in [0, 0.05) is 0 Å². The average molecular weight is 327 g/mol. The molecule has 2 aliphatic rings. The van der Waals surface area contributed by atoms with E-state index in [9.17, 15) is 5.11 Å². The Hall–Kier alpha value is -1.32. The van der Waals surface area contributed by atoms with Crippen LogP contribution in [0.2, 0.25) is 5.15 Å². The van der Waals surface area contributed by atoms with E-state index < -0.39 is 18.1 Å². The van der Waals surface area contributed by atoms with Crippen LogP contribution in [0.1, 0.15) is 20.1 Å². The maximum absolute atomic E-state index is 9.52. The lowest BCUT2D eigenvalue weighted by molar-refractivity contribution is -0.199. The van der Waals surface area contributed by atoms with Crippen molar-refractivity contribution in [2.75, 3.05) is 6.61 Å². The Morgan fingerprint density at radius 1 is 1.27 bits per heavy atom. The Balaban J connectivity index is 1.77. The molecule has 0 aromatic carbocycles. The van der Waals surface area contributed by atoms with Gasteiger partial charge in [0.15, 0.2) is 22.8 Å². The monoisotopic (exact) mass is 326 g/mol. The van der Waals surface area contributed by atoms with Crippen molar-refractivity contribution in [3.8, 4) is 0 Å². The molecule has 0 spiro atoms. The van der Waals surface area contributed by atoms with Crippen molar-refractivity contribution in [2.45, 2.75) is 44.2 Å². The highest BCUT2D eigenvalue weighted by Gasteiger charge is 2.55. The largest absolute Gasteiger partial charge is 0.394 e. The van der Waals surface area contributed by atoms with E-state index >= 15 is 0 Å². The summed E-state index contributed by atoms with van der Waals surface area (Å²) in [4.78, 5) is 12.4. The van der Waals surface area contributed by atoms with Crippen LogP contribution in [0, 0.1) is 0 Å². The van der Waals surface area contributed by atoms with Crippen molar-refractivity contribution in [3.05, 3.63) is 17.8 Å². The van der Waals surface area contributed by atoms with Crippen LogP contribution in [-0.2, 0) is 14.2 Å². The fourth-order valence-electron chi connectivity index (χ4n) is 3.04. The zero-order valence-electron chi connectivity index (χ0n) is 12.0. The fourth-order valence-corrected chi connectivity index (χ4v) is 3.22. The van der Waals surface area contributed by atoms with Crippen molar-refractivity contribution in [1.29, 1.82) is 0 Å². The van der Waals surface area contributed by atoms with Gasteiger partial charge in [-0.2, -0.15) is 0 Å². The third-order valence-electron chi connectivity index (χ3n) is 3.89. The predicted octanol–water partition coefficient (Wildman–Crippen LogP) is 0.889. The Labute approximate surface area is 131 Å². The van der Waals surface area contributed by atoms with Crippen LogP contribution in [0.3, 0.4) is 0 Å². The molecule has 4 atom stereocenters. The van der Waals surface area contributed by atoms with Gasteiger partial charge in [-0.3, -0.25) is 4.57 Å². The van der Waals surface area contributed by atoms with E-state index in [1.54, 1.807) is 10.9 Å². The third-order valence-corrected chi connectivity index (χ3v) is 4.17. The summed E-state index contributed by atoms with van der Waals surface area (Å²) in [6, 6.07) is 0. The van der Waals surface area contributed by atoms with E-state index in [1.807, 2.05) is 13.8 Å². The van der Waals surface area contributed by atoms with Crippen LogP contribution in [0.5, 0.6) is 0 Å². The lowest BCUT2D eigenvalue weighted by Crippen LogP contribution is -2.31. The summed E-state index contributed by atoms with van der Waals surface area (Å²) in [6.45, 7) is 3.52. The molecule has 22 heavy (non-hydrogen) atoms. The van der Waals surface area contributed by atoms with Crippen molar-refractivity contribution in [1.82, 2.24) is 19.5 Å². The van der Waals surface area contributed by atoms with Crippen LogP contribution in [0.15, 0.2) is 12.7 Å². The molecule has 0 aliphatic carbocycles. The molecule has 118 valence electrons. The number of rotatable bonds is 2. The molecule has 2 fully saturated rings. The first kappa shape index (κ1) is 14.3. The number of hydrogen-bond donors (Lipinski definition) is 1. The summed E-state index contributed by atoms with van der Waals surface area (Å²) in [5, 5.41) is 9.80. The zero-order valence-corrected chi connectivity index (χ0v) is 12.8. The highest BCUT2D eigenvalue weighted by atomic mass is 35.5. The molecule has 4 heterocycles. The molecule has 2 saturated heterocycles. The Bertz CT molecular complexity index is 721. The highest BCUT2D eigenvalue weighted by molar-refractivity contribution is 6.33. The number of aromatic nitrogens is 4. The molecule has 2 aromatic heterocycles. The normalized spacial score (nSPS) is 33.5. The summed E-state index contributed by atoms with van der Waals surface area (Å²) in [5.74, 6) is -0.728. The first-order valence-electron chi connectivity index (χ1n) is 6.95. The molecule has 0 amide bonds. The van der Waals surface area contributed by atoms with Gasteiger partial charge >= 0.3 is 0 Å². The molecular formula is C13H15ClN4O4. The van der Waals surface area contributed by atoms with E-state index in [4.69, 9.17) is 25.8 Å². The standard InChI is InChI=1S/C13H15ClN4O4/c1-13(2)21-8-6(3-19)20-12(9(8)22-13)18-5-17-7-10(14)15-4-16-11(7)18/h4-6,8-9,12,19H,3H2,1-2H3/t6-,8?,9?,12?/m1/s1. The maximum Gasteiger partial charge on any atom is 0.167 e. The molecule has 8 nitrogen and oxygen atoms in total. The van der Waals surface area contributed by atoms with Crippen LogP contribution in [0.25, 0.3) is 11.2 Å². The molecule has 0 bridgehead atoms. The van der Waals surface area contributed by atoms with Gasteiger partial charge in [-0.05, 0) is 13.8 Å². The molecule has 3 unspecified atom stereocenters. The van der Waals surface area contributed by atoms with Gasteiger partial charge in [-0.25, -0.2) is 15.0 Å². The number of imidazole rings is 1. The van der Waals surface area contributed by atoms with Crippen molar-refractivity contribution >= 4 is 22.8 Å². The molecular weight excluding hydrogens is 312 g/mol. The summed E-state index contributed by atoms with van der Waals surface area (Å²) < 4.78 is 19.4. The molecule has 9 heteroatoms. The average Bonchev–Trinajstić information content (AvgIpc) is 3.10. The summed E-state index contributed by atoms with van der Waals surface area (Å²) in [6.07, 6.45) is 1.28. The number of aliphatic hydroxyl groups excluding tert-OH is 1. The van der Waals surface area contributed by atoms with Gasteiger partial charge in [0.05, 0.1) is 12.9 Å². The maximum atomic E-state index is 9.52. The van der Waals surface area contributed by atoms with E-state index in [0.29, 0.717) is 11.2 Å². The molecule has 0 radical (unpaired) electrons. The molecule has 2 aromatic rings. The van der Waals surface area contributed by atoms with Gasteiger partial charge < -0.3 is 19.3 Å². The smallest absolute Gasteiger partial charge is 0.167 e. The number of halogens is 1. The minimum absolute atomic E-state index is 0.153. The lowest BCUT2D eigenvalue weighted by atomic mass is 10.1. The second-order valence-corrected chi connectivity index (χ2v) is 6.16. The van der Waals surface area contributed by atoms with Gasteiger partial charge in [-0.15, -0.1) is 0 Å². The fraction of sp³-hybridized carbons (Fsp3) is 0.615. The Kier molecular flexibility index (Phi) is 3.14. The summed E-state index contributed by atoms with van der Waals surface area (Å²) in [7, 11) is 0. The molecule has 4 rings (SSSR count). The Morgan fingerprint density at radius 2 is 2.05 bits per heavy atom. The number of fused-ring (bicyclic) bond motifs is 2.